The van der Waals surface area contributed by atoms with Crippen LogP contribution in [0.3, 0.4) is 0 Å². The van der Waals surface area contributed by atoms with Crippen molar-refractivity contribution in [3.63, 3.8) is 0 Å². The monoisotopic (exact) mass is 254 g/mol. The van der Waals surface area contributed by atoms with Crippen molar-refractivity contribution < 1.29 is 19.1 Å². The van der Waals surface area contributed by atoms with Gasteiger partial charge in [0.25, 0.3) is 0 Å². The van der Waals surface area contributed by atoms with Crippen molar-refractivity contribution in [2.75, 3.05) is 6.61 Å². The van der Waals surface area contributed by atoms with Crippen molar-refractivity contribution in [2.45, 2.75) is 47.1 Å². The van der Waals surface area contributed by atoms with Crippen LogP contribution < -0.4 is 0 Å². The molecule has 4 heteroatoms. The Kier molecular flexibility index (Phi) is 7.76. The van der Waals surface area contributed by atoms with Gasteiger partial charge in [0.05, 0.1) is 6.61 Å². The molecule has 0 aliphatic heterocycles. The van der Waals surface area contributed by atoms with Gasteiger partial charge in [0, 0.05) is 17.6 Å². The summed E-state index contributed by atoms with van der Waals surface area (Å²) in [5.74, 6) is -0.665. The molecule has 0 fully saturated rings. The molecule has 0 saturated carbocycles. The molecule has 0 bridgehead atoms. The van der Waals surface area contributed by atoms with E-state index in [0.29, 0.717) is 17.6 Å². The number of carbonyl (C=O) groups excluding carboxylic acids is 2. The van der Waals surface area contributed by atoms with E-state index in [1.165, 1.54) is 0 Å². The number of allylic oxidation sites excluding steroid dienone is 2. The van der Waals surface area contributed by atoms with E-state index in [2.05, 4.69) is 0 Å². The number of rotatable bonds is 6. The molecule has 0 saturated heterocycles. The minimum absolute atomic E-state index is 0.243. The lowest BCUT2D eigenvalue weighted by Crippen LogP contribution is -2.18. The zero-order chi connectivity index (χ0) is 14.1. The van der Waals surface area contributed by atoms with Gasteiger partial charge in [-0.05, 0) is 34.6 Å². The summed E-state index contributed by atoms with van der Waals surface area (Å²) in [6.45, 7) is 8.97. The number of carbonyl (C=O) groups is 2. The van der Waals surface area contributed by atoms with E-state index in [-0.39, 0.29) is 24.6 Å². The zero-order valence-electron chi connectivity index (χ0n) is 11.8. The third kappa shape index (κ3) is 6.23. The highest BCUT2D eigenvalue weighted by Crippen LogP contribution is 2.05. The van der Waals surface area contributed by atoms with E-state index in [4.69, 9.17) is 9.47 Å². The first-order valence-corrected chi connectivity index (χ1v) is 6.06. The van der Waals surface area contributed by atoms with Crippen LogP contribution in [0.15, 0.2) is 23.3 Å². The highest BCUT2D eigenvalue weighted by atomic mass is 16.6. The molecule has 1 atom stereocenters. The van der Waals surface area contributed by atoms with E-state index in [0.717, 1.165) is 0 Å². The van der Waals surface area contributed by atoms with Crippen LogP contribution in [0, 0.1) is 0 Å². The number of hydrogen-bond acceptors (Lipinski definition) is 4. The van der Waals surface area contributed by atoms with E-state index >= 15 is 0 Å². The van der Waals surface area contributed by atoms with Gasteiger partial charge in [-0.15, -0.1) is 0 Å². The van der Waals surface area contributed by atoms with E-state index in [1.807, 2.05) is 0 Å². The molecule has 1 unspecified atom stereocenters. The first-order chi connectivity index (χ1) is 8.42. The normalized spacial score (nSPS) is 14.1. The quantitative estimate of drug-likeness (QED) is 0.540. The Labute approximate surface area is 109 Å². The highest BCUT2D eigenvalue weighted by Gasteiger charge is 2.12. The Morgan fingerprint density at radius 3 is 2.06 bits per heavy atom. The minimum atomic E-state index is -0.333. The predicted octanol–water partition coefficient (Wildman–Crippen LogP) is 2.78. The molecule has 0 aromatic carbocycles. The first-order valence-electron chi connectivity index (χ1n) is 6.06. The molecule has 0 aliphatic carbocycles. The molecule has 0 amide bonds. The molecule has 18 heavy (non-hydrogen) atoms. The maximum absolute atomic E-state index is 11.4. The van der Waals surface area contributed by atoms with Crippen molar-refractivity contribution >= 4 is 11.9 Å². The van der Waals surface area contributed by atoms with Gasteiger partial charge >= 0.3 is 11.9 Å². The van der Waals surface area contributed by atoms with Gasteiger partial charge in [-0.2, -0.15) is 0 Å². The average molecular weight is 254 g/mol. The molecule has 0 rings (SSSR count). The third-order valence-electron chi connectivity index (χ3n) is 2.58. The molecule has 0 spiro atoms. The van der Waals surface area contributed by atoms with Gasteiger partial charge < -0.3 is 9.47 Å². The standard InChI is InChI=1S/C14H22O4/c1-6-10(3)13(15)17-9-8-12(5)18-14(16)11(4)7-2/h6-7,12H,8-9H2,1-5H3. The van der Waals surface area contributed by atoms with Crippen LogP contribution in [0.4, 0.5) is 0 Å². The van der Waals surface area contributed by atoms with Crippen LogP contribution in [-0.2, 0) is 19.1 Å². The molecular weight excluding hydrogens is 232 g/mol. The molecule has 102 valence electrons. The fourth-order valence-electron chi connectivity index (χ4n) is 1.00. The summed E-state index contributed by atoms with van der Waals surface area (Å²) >= 11 is 0. The van der Waals surface area contributed by atoms with E-state index < -0.39 is 0 Å². The summed E-state index contributed by atoms with van der Waals surface area (Å²) < 4.78 is 10.2. The fourth-order valence-corrected chi connectivity index (χ4v) is 1.00. The summed E-state index contributed by atoms with van der Waals surface area (Å²) in [6, 6.07) is 0. The van der Waals surface area contributed by atoms with Crippen molar-refractivity contribution in [1.29, 1.82) is 0 Å². The van der Waals surface area contributed by atoms with Crippen molar-refractivity contribution in [3.8, 4) is 0 Å². The summed E-state index contributed by atoms with van der Waals surface area (Å²) in [7, 11) is 0. The van der Waals surface area contributed by atoms with Gasteiger partial charge in [0.1, 0.15) is 6.10 Å². The second-order valence-corrected chi connectivity index (χ2v) is 4.08. The topological polar surface area (TPSA) is 52.6 Å². The smallest absolute Gasteiger partial charge is 0.333 e. The van der Waals surface area contributed by atoms with Crippen LogP contribution >= 0.6 is 0 Å². The van der Waals surface area contributed by atoms with E-state index in [9.17, 15) is 9.59 Å². The second kappa shape index (κ2) is 8.50. The van der Waals surface area contributed by atoms with Gasteiger partial charge in [-0.1, -0.05) is 12.2 Å². The minimum Gasteiger partial charge on any atom is -0.462 e. The highest BCUT2D eigenvalue weighted by molar-refractivity contribution is 5.88. The molecule has 0 aromatic heterocycles. The largest absolute Gasteiger partial charge is 0.462 e. The number of hydrogen-bond donors (Lipinski definition) is 0. The fraction of sp³-hybridized carbons (Fsp3) is 0.571. The Morgan fingerprint density at radius 2 is 1.56 bits per heavy atom. The third-order valence-corrected chi connectivity index (χ3v) is 2.58. The van der Waals surface area contributed by atoms with Crippen LogP contribution in [0.5, 0.6) is 0 Å². The van der Waals surface area contributed by atoms with Crippen LogP contribution in [0.25, 0.3) is 0 Å². The lowest BCUT2D eigenvalue weighted by atomic mass is 10.2. The maximum Gasteiger partial charge on any atom is 0.333 e. The maximum atomic E-state index is 11.4. The van der Waals surface area contributed by atoms with Crippen LogP contribution in [0.2, 0.25) is 0 Å². The van der Waals surface area contributed by atoms with Gasteiger partial charge in [-0.3, -0.25) is 0 Å². The number of ether oxygens (including phenoxy) is 2. The van der Waals surface area contributed by atoms with Crippen molar-refractivity contribution in [2.24, 2.45) is 0 Å². The average Bonchev–Trinajstić information content (AvgIpc) is 2.36. The van der Waals surface area contributed by atoms with E-state index in [1.54, 1.807) is 46.8 Å². The predicted molar refractivity (Wildman–Crippen MR) is 70.0 cm³/mol. The molecule has 0 N–H and O–H groups in total. The molecule has 0 radical (unpaired) electrons. The Morgan fingerprint density at radius 1 is 1.06 bits per heavy atom. The van der Waals surface area contributed by atoms with Crippen molar-refractivity contribution in [3.05, 3.63) is 23.3 Å². The lowest BCUT2D eigenvalue weighted by molar-refractivity contribution is -0.145. The van der Waals surface area contributed by atoms with Gasteiger partial charge in [0.2, 0.25) is 0 Å². The van der Waals surface area contributed by atoms with Gasteiger partial charge in [-0.25, -0.2) is 9.59 Å². The van der Waals surface area contributed by atoms with Crippen LogP contribution in [-0.4, -0.2) is 24.6 Å². The summed E-state index contributed by atoms with van der Waals surface area (Å²) in [4.78, 5) is 22.8. The molecule has 0 heterocycles. The Hall–Kier alpha value is -1.58. The molecule has 0 aliphatic rings. The first kappa shape index (κ1) is 16.4. The summed E-state index contributed by atoms with van der Waals surface area (Å²) in [5, 5.41) is 0. The Balaban J connectivity index is 3.95. The molecular formula is C14H22O4. The van der Waals surface area contributed by atoms with Gasteiger partial charge in [0.15, 0.2) is 0 Å². The molecule has 0 aromatic rings. The number of esters is 2. The summed E-state index contributed by atoms with van der Waals surface area (Å²) in [6.07, 6.45) is 3.61. The Bertz CT molecular complexity index is 353. The lowest BCUT2D eigenvalue weighted by Gasteiger charge is -2.13. The SMILES string of the molecule is CC=C(C)C(=O)OCCC(C)OC(=O)C(C)=CC. The second-order valence-electron chi connectivity index (χ2n) is 4.08. The molecule has 4 nitrogen and oxygen atoms in total. The van der Waals surface area contributed by atoms with Crippen LogP contribution in [0.1, 0.15) is 41.0 Å². The summed E-state index contributed by atoms with van der Waals surface area (Å²) in [5.41, 5.74) is 1.15. The zero-order valence-corrected chi connectivity index (χ0v) is 11.8. The van der Waals surface area contributed by atoms with Crippen molar-refractivity contribution in [1.82, 2.24) is 0 Å².